The van der Waals surface area contributed by atoms with E-state index in [4.69, 9.17) is 21.4 Å². The molecule has 0 radical (unpaired) electrons. The van der Waals surface area contributed by atoms with Gasteiger partial charge in [-0.05, 0) is 49.5 Å². The predicted molar refractivity (Wildman–Crippen MR) is 84.8 cm³/mol. The molecule has 1 N–H and O–H groups in total. The van der Waals surface area contributed by atoms with Crippen LogP contribution in [0.5, 0.6) is 5.75 Å². The van der Waals surface area contributed by atoms with Gasteiger partial charge < -0.3 is 9.84 Å². The Bertz CT molecular complexity index is 525. The van der Waals surface area contributed by atoms with E-state index in [1.165, 1.54) is 25.3 Å². The van der Waals surface area contributed by atoms with E-state index in [0.29, 0.717) is 16.3 Å². The molecule has 0 saturated heterocycles. The fourth-order valence-corrected chi connectivity index (χ4v) is 3.00. The minimum atomic E-state index is -0.982. The molecule has 1 saturated carbocycles. The molecule has 3 nitrogen and oxygen atoms in total. The molecule has 2 unspecified atom stereocenters. The van der Waals surface area contributed by atoms with Crippen LogP contribution in [0.15, 0.2) is 24.3 Å². The van der Waals surface area contributed by atoms with Crippen molar-refractivity contribution in [3.63, 3.8) is 0 Å². The van der Waals surface area contributed by atoms with Crippen LogP contribution in [0.1, 0.15) is 44.6 Å². The van der Waals surface area contributed by atoms with Gasteiger partial charge in [-0.1, -0.05) is 31.4 Å². The van der Waals surface area contributed by atoms with Crippen molar-refractivity contribution >= 4 is 23.6 Å². The van der Waals surface area contributed by atoms with Crippen molar-refractivity contribution in [2.45, 2.75) is 45.1 Å². The lowest BCUT2D eigenvalue weighted by Gasteiger charge is -2.29. The van der Waals surface area contributed by atoms with Gasteiger partial charge in [-0.25, -0.2) is 4.79 Å². The summed E-state index contributed by atoms with van der Waals surface area (Å²) in [5.41, 5.74) is 0.712. The zero-order chi connectivity index (χ0) is 15.2. The van der Waals surface area contributed by atoms with E-state index in [0.717, 1.165) is 24.8 Å². The van der Waals surface area contributed by atoms with Crippen LogP contribution in [0.3, 0.4) is 0 Å². The normalized spacial score (nSPS) is 22.4. The van der Waals surface area contributed by atoms with Crippen LogP contribution >= 0.6 is 11.6 Å². The van der Waals surface area contributed by atoms with Gasteiger partial charge in [0.2, 0.25) is 0 Å². The first-order chi connectivity index (χ1) is 10.1. The number of rotatable bonds is 5. The molecule has 1 aliphatic carbocycles. The maximum Gasteiger partial charge on any atom is 0.328 e. The molecule has 1 fully saturated rings. The number of aliphatic carboxylic acids is 1. The number of halogens is 1. The third kappa shape index (κ3) is 4.78. The molecule has 0 heterocycles. The molecule has 0 spiro atoms. The van der Waals surface area contributed by atoms with Crippen molar-refractivity contribution in [2.24, 2.45) is 5.92 Å². The molecule has 2 rings (SSSR count). The van der Waals surface area contributed by atoms with Gasteiger partial charge in [-0.2, -0.15) is 0 Å². The van der Waals surface area contributed by atoms with Crippen LogP contribution in [0.2, 0.25) is 5.02 Å². The Morgan fingerprint density at radius 3 is 3.00 bits per heavy atom. The molecule has 0 aliphatic heterocycles. The van der Waals surface area contributed by atoms with Crippen LogP contribution in [0.25, 0.3) is 6.08 Å². The smallest absolute Gasteiger partial charge is 0.328 e. The predicted octanol–water partition coefficient (Wildman–Crippen LogP) is 4.79. The van der Waals surface area contributed by atoms with Gasteiger partial charge in [-0.3, -0.25) is 0 Å². The van der Waals surface area contributed by atoms with Crippen molar-refractivity contribution in [3.05, 3.63) is 34.9 Å². The average molecular weight is 309 g/mol. The Morgan fingerprint density at radius 2 is 2.29 bits per heavy atom. The first-order valence-corrected chi connectivity index (χ1v) is 7.83. The van der Waals surface area contributed by atoms with Gasteiger partial charge >= 0.3 is 5.97 Å². The van der Waals surface area contributed by atoms with Gasteiger partial charge in [0.05, 0.1) is 6.10 Å². The van der Waals surface area contributed by atoms with Crippen LogP contribution < -0.4 is 4.74 Å². The van der Waals surface area contributed by atoms with Crippen LogP contribution in [-0.4, -0.2) is 17.2 Å². The average Bonchev–Trinajstić information content (AvgIpc) is 2.47. The van der Waals surface area contributed by atoms with Crippen molar-refractivity contribution in [3.8, 4) is 5.75 Å². The van der Waals surface area contributed by atoms with Gasteiger partial charge in [0.25, 0.3) is 0 Å². The maximum atomic E-state index is 10.7. The van der Waals surface area contributed by atoms with Crippen molar-refractivity contribution in [2.75, 3.05) is 0 Å². The molecule has 1 aromatic carbocycles. The molecule has 4 heteroatoms. The number of hydrogen-bond acceptors (Lipinski definition) is 2. The Hall–Kier alpha value is -1.48. The molecule has 0 aromatic heterocycles. The second-order valence-electron chi connectivity index (χ2n) is 5.53. The lowest BCUT2D eigenvalue weighted by molar-refractivity contribution is -0.131. The summed E-state index contributed by atoms with van der Waals surface area (Å²) in [5, 5.41) is 9.33. The first-order valence-electron chi connectivity index (χ1n) is 7.45. The third-order valence-electron chi connectivity index (χ3n) is 3.98. The number of carbonyl (C=O) groups is 1. The Balaban J connectivity index is 2.13. The molecular weight excluding hydrogens is 288 g/mol. The van der Waals surface area contributed by atoms with Crippen LogP contribution in [0.4, 0.5) is 0 Å². The number of carboxylic acid groups (broad SMARTS) is 1. The topological polar surface area (TPSA) is 46.5 Å². The minimum absolute atomic E-state index is 0.210. The second-order valence-corrected chi connectivity index (χ2v) is 5.97. The fourth-order valence-electron chi connectivity index (χ4n) is 2.82. The zero-order valence-electron chi connectivity index (χ0n) is 12.2. The van der Waals surface area contributed by atoms with Crippen molar-refractivity contribution in [1.29, 1.82) is 0 Å². The third-order valence-corrected chi connectivity index (χ3v) is 4.22. The highest BCUT2D eigenvalue weighted by atomic mass is 35.5. The monoisotopic (exact) mass is 308 g/mol. The highest BCUT2D eigenvalue weighted by Gasteiger charge is 2.22. The Kier molecular flexibility index (Phi) is 5.68. The molecule has 114 valence electrons. The van der Waals surface area contributed by atoms with E-state index >= 15 is 0 Å². The lowest BCUT2D eigenvalue weighted by atomic mass is 9.85. The van der Waals surface area contributed by atoms with Crippen LogP contribution in [0, 0.1) is 5.92 Å². The zero-order valence-corrected chi connectivity index (χ0v) is 13.0. The summed E-state index contributed by atoms with van der Waals surface area (Å²) < 4.78 is 6.10. The fraction of sp³-hybridized carbons (Fsp3) is 0.471. The van der Waals surface area contributed by atoms with E-state index in [-0.39, 0.29) is 6.10 Å². The van der Waals surface area contributed by atoms with Gasteiger partial charge in [0, 0.05) is 16.7 Å². The maximum absolute atomic E-state index is 10.7. The van der Waals surface area contributed by atoms with Crippen molar-refractivity contribution in [1.82, 2.24) is 0 Å². The number of carboxylic acids is 1. The van der Waals surface area contributed by atoms with E-state index in [1.54, 1.807) is 12.1 Å². The molecule has 2 atom stereocenters. The summed E-state index contributed by atoms with van der Waals surface area (Å²) in [6.45, 7) is 2.22. The summed E-state index contributed by atoms with van der Waals surface area (Å²) >= 11 is 5.98. The molecular formula is C17H21ClO3. The van der Waals surface area contributed by atoms with Gasteiger partial charge in [-0.15, -0.1) is 0 Å². The molecule has 0 bridgehead atoms. The summed E-state index contributed by atoms with van der Waals surface area (Å²) in [5.74, 6) is 0.456. The molecule has 21 heavy (non-hydrogen) atoms. The lowest BCUT2D eigenvalue weighted by Crippen LogP contribution is -2.25. The van der Waals surface area contributed by atoms with Crippen LogP contribution in [-0.2, 0) is 4.79 Å². The molecule has 1 aliphatic rings. The number of benzene rings is 1. The summed E-state index contributed by atoms with van der Waals surface area (Å²) in [6, 6.07) is 5.32. The van der Waals surface area contributed by atoms with Crippen molar-refractivity contribution < 1.29 is 14.6 Å². The molecule has 1 aromatic rings. The first kappa shape index (κ1) is 15.9. The Morgan fingerprint density at radius 1 is 1.48 bits per heavy atom. The summed E-state index contributed by atoms with van der Waals surface area (Å²) in [4.78, 5) is 10.7. The van der Waals surface area contributed by atoms with E-state index in [9.17, 15) is 4.79 Å². The summed E-state index contributed by atoms with van der Waals surface area (Å²) in [6.07, 6.45) is 8.63. The Labute approximate surface area is 130 Å². The second kappa shape index (κ2) is 7.51. The van der Waals surface area contributed by atoms with E-state index in [1.807, 2.05) is 6.07 Å². The molecule has 0 amide bonds. The number of hydrogen-bond donors (Lipinski definition) is 1. The largest absolute Gasteiger partial charge is 0.490 e. The van der Waals surface area contributed by atoms with Gasteiger partial charge in [0.1, 0.15) is 5.75 Å². The van der Waals surface area contributed by atoms with Gasteiger partial charge in [0.15, 0.2) is 0 Å². The number of ether oxygens (including phenoxy) is 1. The highest BCUT2D eigenvalue weighted by molar-refractivity contribution is 6.30. The minimum Gasteiger partial charge on any atom is -0.490 e. The summed E-state index contributed by atoms with van der Waals surface area (Å²) in [7, 11) is 0. The van der Waals surface area contributed by atoms with E-state index in [2.05, 4.69) is 6.92 Å². The standard InChI is InChI=1S/C17H21ClO3/c1-2-12-4-3-5-15(10-12)21-16-8-7-14(18)11-13(16)6-9-17(19)20/h6-9,11-12,15H,2-5,10H2,1H3,(H,19,20). The van der Waals surface area contributed by atoms with E-state index < -0.39 is 5.97 Å². The highest BCUT2D eigenvalue weighted by Crippen LogP contribution is 2.32. The quantitative estimate of drug-likeness (QED) is 0.796. The SMILES string of the molecule is CCC1CCCC(Oc2ccc(Cl)cc2C=CC(=O)O)C1.